The van der Waals surface area contributed by atoms with Crippen molar-refractivity contribution in [3.05, 3.63) is 52.6 Å². The summed E-state index contributed by atoms with van der Waals surface area (Å²) >= 11 is 0. The predicted octanol–water partition coefficient (Wildman–Crippen LogP) is 3.58. The van der Waals surface area contributed by atoms with Gasteiger partial charge in [0.25, 0.3) is 11.6 Å². The highest BCUT2D eigenvalue weighted by atomic mass is 16.6. The van der Waals surface area contributed by atoms with Gasteiger partial charge in [0.05, 0.1) is 24.3 Å². The lowest BCUT2D eigenvalue weighted by Gasteiger charge is -2.33. The van der Waals surface area contributed by atoms with Crippen LogP contribution in [0.5, 0.6) is 17.2 Å². The van der Waals surface area contributed by atoms with E-state index in [2.05, 4.69) is 0 Å². The maximum Gasteiger partial charge on any atom is 0.271 e. The van der Waals surface area contributed by atoms with Crippen LogP contribution in [-0.4, -0.2) is 37.2 Å². The Morgan fingerprint density at radius 3 is 2.54 bits per heavy atom. The molecule has 0 saturated heterocycles. The zero-order valence-corrected chi connectivity index (χ0v) is 15.8. The average Bonchev–Trinajstić information content (AvgIpc) is 2.72. The molecule has 1 atom stereocenters. The molecule has 0 bridgehead atoms. The van der Waals surface area contributed by atoms with Crippen molar-refractivity contribution in [3.8, 4) is 17.2 Å². The number of nitro benzene ring substituents is 1. The minimum absolute atomic E-state index is 0.0791. The number of hydrogen-bond donors (Lipinski definition) is 0. The van der Waals surface area contributed by atoms with Gasteiger partial charge in [0.1, 0.15) is 17.2 Å². The second kappa shape index (κ2) is 8.60. The summed E-state index contributed by atoms with van der Waals surface area (Å²) in [4.78, 5) is 24.9. The van der Waals surface area contributed by atoms with Crippen molar-refractivity contribution in [1.82, 2.24) is 0 Å². The molecule has 1 amide bonds. The highest BCUT2D eigenvalue weighted by molar-refractivity contribution is 6.00. The van der Waals surface area contributed by atoms with Crippen LogP contribution >= 0.6 is 0 Å². The highest BCUT2D eigenvalue weighted by Crippen LogP contribution is 2.37. The summed E-state index contributed by atoms with van der Waals surface area (Å²) in [7, 11) is 1.60. The monoisotopic (exact) mass is 386 g/mol. The normalized spacial score (nSPS) is 15.6. The van der Waals surface area contributed by atoms with Gasteiger partial charge in [0.2, 0.25) is 0 Å². The molecule has 3 rings (SSSR count). The number of hydrogen-bond acceptors (Lipinski definition) is 6. The molecule has 1 unspecified atom stereocenters. The Kier molecular flexibility index (Phi) is 5.98. The summed E-state index contributed by atoms with van der Waals surface area (Å²) in [6.45, 7) is 2.64. The lowest BCUT2D eigenvalue weighted by molar-refractivity contribution is -0.384. The van der Waals surface area contributed by atoms with E-state index in [1.165, 1.54) is 12.1 Å². The predicted molar refractivity (Wildman–Crippen MR) is 103 cm³/mol. The van der Waals surface area contributed by atoms with Crippen molar-refractivity contribution < 1.29 is 23.9 Å². The van der Waals surface area contributed by atoms with Crippen molar-refractivity contribution in [2.45, 2.75) is 25.9 Å². The molecule has 28 heavy (non-hydrogen) atoms. The summed E-state index contributed by atoms with van der Waals surface area (Å²) in [5.74, 6) is 1.74. The van der Waals surface area contributed by atoms with E-state index in [4.69, 9.17) is 14.2 Å². The Labute approximate surface area is 162 Å². The van der Waals surface area contributed by atoms with Gasteiger partial charge in [0, 0.05) is 18.7 Å². The number of nitro groups is 1. The fourth-order valence-electron chi connectivity index (χ4n) is 3.00. The molecular formula is C20H22N2O6. The number of methoxy groups -OCH3 is 1. The number of carbonyl (C=O) groups excluding carboxylic acids is 1. The topological polar surface area (TPSA) is 91.1 Å². The van der Waals surface area contributed by atoms with Crippen molar-refractivity contribution in [3.63, 3.8) is 0 Å². The lowest BCUT2D eigenvalue weighted by Crippen LogP contribution is -2.46. The van der Waals surface area contributed by atoms with Gasteiger partial charge in [-0.05, 0) is 43.2 Å². The Morgan fingerprint density at radius 2 is 1.89 bits per heavy atom. The van der Waals surface area contributed by atoms with Crippen LogP contribution in [0.15, 0.2) is 42.5 Å². The van der Waals surface area contributed by atoms with Crippen molar-refractivity contribution >= 4 is 17.3 Å². The number of carbonyl (C=O) groups is 1. The molecule has 8 nitrogen and oxygen atoms in total. The van der Waals surface area contributed by atoms with E-state index in [1.807, 2.05) is 31.2 Å². The third kappa shape index (κ3) is 4.16. The molecule has 8 heteroatoms. The molecule has 0 aliphatic carbocycles. The molecule has 0 aromatic heterocycles. The summed E-state index contributed by atoms with van der Waals surface area (Å²) in [6, 6.07) is 11.5. The largest absolute Gasteiger partial charge is 0.497 e. The number of anilines is 1. The minimum Gasteiger partial charge on any atom is -0.497 e. The van der Waals surface area contributed by atoms with Crippen LogP contribution < -0.4 is 19.1 Å². The van der Waals surface area contributed by atoms with Crippen LogP contribution in [0.4, 0.5) is 11.4 Å². The van der Waals surface area contributed by atoms with Gasteiger partial charge in [-0.1, -0.05) is 6.92 Å². The zero-order valence-electron chi connectivity index (χ0n) is 15.8. The minimum atomic E-state index is -0.587. The Bertz CT molecular complexity index is 852. The molecule has 0 saturated carbocycles. The Balaban J connectivity index is 1.68. The number of benzene rings is 2. The van der Waals surface area contributed by atoms with E-state index in [0.717, 1.165) is 5.75 Å². The maximum absolute atomic E-state index is 12.7. The van der Waals surface area contributed by atoms with Gasteiger partial charge in [-0.25, -0.2) is 0 Å². The van der Waals surface area contributed by atoms with Crippen LogP contribution in [0, 0.1) is 10.1 Å². The van der Waals surface area contributed by atoms with Crippen LogP contribution in [-0.2, 0) is 4.79 Å². The smallest absolute Gasteiger partial charge is 0.271 e. The van der Waals surface area contributed by atoms with E-state index in [1.54, 1.807) is 18.1 Å². The van der Waals surface area contributed by atoms with Crippen molar-refractivity contribution in [1.29, 1.82) is 0 Å². The summed E-state index contributed by atoms with van der Waals surface area (Å²) in [6.07, 6.45) is 0.501. The molecule has 0 fully saturated rings. The molecule has 1 aliphatic rings. The van der Waals surface area contributed by atoms with Crippen LogP contribution in [0.1, 0.15) is 19.8 Å². The Morgan fingerprint density at radius 1 is 1.18 bits per heavy atom. The Hall–Kier alpha value is -3.29. The van der Waals surface area contributed by atoms with Gasteiger partial charge >= 0.3 is 0 Å². The van der Waals surface area contributed by atoms with Crippen LogP contribution in [0.2, 0.25) is 0 Å². The van der Waals surface area contributed by atoms with E-state index in [9.17, 15) is 14.9 Å². The summed E-state index contributed by atoms with van der Waals surface area (Å²) in [5, 5.41) is 11.1. The first kappa shape index (κ1) is 19.5. The van der Waals surface area contributed by atoms with Gasteiger partial charge in [0.15, 0.2) is 6.10 Å². The number of fused-ring (bicyclic) bond motifs is 1. The number of non-ortho nitro benzene ring substituents is 1. The molecule has 0 spiro atoms. The van der Waals surface area contributed by atoms with E-state index in [0.29, 0.717) is 43.2 Å². The first-order valence-corrected chi connectivity index (χ1v) is 9.06. The average molecular weight is 386 g/mol. The quantitative estimate of drug-likeness (QED) is 0.391. The fourth-order valence-corrected chi connectivity index (χ4v) is 3.00. The zero-order chi connectivity index (χ0) is 20.1. The van der Waals surface area contributed by atoms with Crippen LogP contribution in [0.25, 0.3) is 0 Å². The number of ether oxygens (including phenoxy) is 3. The maximum atomic E-state index is 12.7. The summed E-state index contributed by atoms with van der Waals surface area (Å²) in [5.41, 5.74) is 0.345. The number of rotatable bonds is 8. The summed E-state index contributed by atoms with van der Waals surface area (Å²) < 4.78 is 16.5. The fraction of sp³-hybridized carbons (Fsp3) is 0.350. The molecule has 2 aromatic carbocycles. The molecule has 0 radical (unpaired) electrons. The molecular weight excluding hydrogens is 364 g/mol. The molecule has 0 N–H and O–H groups in total. The van der Waals surface area contributed by atoms with E-state index >= 15 is 0 Å². The SMILES string of the molecule is CCC1Oc2ccc([N+](=O)[O-])cc2N(CCCOc2ccc(OC)cc2)C1=O. The number of nitrogens with zero attached hydrogens (tertiary/aromatic N) is 2. The standard InChI is InChI=1S/C20H22N2O6/c1-3-18-20(23)21(17-13-14(22(24)25)5-10-19(17)28-18)11-4-12-27-16-8-6-15(26-2)7-9-16/h5-10,13,18H,3-4,11-12H2,1-2H3. The van der Waals surface area contributed by atoms with Gasteiger partial charge in [-0.3, -0.25) is 14.9 Å². The second-order valence-electron chi connectivity index (χ2n) is 6.29. The van der Waals surface area contributed by atoms with E-state index < -0.39 is 11.0 Å². The first-order valence-electron chi connectivity index (χ1n) is 9.06. The third-order valence-corrected chi connectivity index (χ3v) is 4.48. The number of amides is 1. The van der Waals surface area contributed by atoms with Crippen molar-refractivity contribution in [2.75, 3.05) is 25.2 Å². The van der Waals surface area contributed by atoms with Gasteiger partial charge < -0.3 is 19.1 Å². The lowest BCUT2D eigenvalue weighted by atomic mass is 10.1. The molecule has 1 heterocycles. The van der Waals surface area contributed by atoms with Crippen molar-refractivity contribution in [2.24, 2.45) is 0 Å². The third-order valence-electron chi connectivity index (χ3n) is 4.48. The molecule has 1 aliphatic heterocycles. The van der Waals surface area contributed by atoms with Crippen LogP contribution in [0.3, 0.4) is 0 Å². The van der Waals surface area contributed by atoms with E-state index in [-0.39, 0.29) is 11.6 Å². The van der Waals surface area contributed by atoms with Gasteiger partial charge in [-0.2, -0.15) is 0 Å². The van der Waals surface area contributed by atoms with Gasteiger partial charge in [-0.15, -0.1) is 0 Å². The second-order valence-corrected chi connectivity index (χ2v) is 6.29. The highest BCUT2D eigenvalue weighted by Gasteiger charge is 2.34. The molecule has 2 aromatic rings. The first-order chi connectivity index (χ1) is 13.5. The molecule has 148 valence electrons.